The highest BCUT2D eigenvalue weighted by Crippen LogP contribution is 2.15. The first kappa shape index (κ1) is 7.03. The molecule has 0 radical (unpaired) electrons. The van der Waals surface area contributed by atoms with Gasteiger partial charge in [-0.3, -0.25) is 4.90 Å². The maximum absolute atomic E-state index is 9.16. The summed E-state index contributed by atoms with van der Waals surface area (Å²) >= 11 is 0. The third kappa shape index (κ3) is 1.43. The molecule has 0 unspecified atom stereocenters. The molecular weight excluding hydrogens is 114 g/mol. The van der Waals surface area contributed by atoms with E-state index >= 15 is 0 Å². The number of aliphatic hydroxyl groups is 1. The summed E-state index contributed by atoms with van der Waals surface area (Å²) in [7, 11) is 0. The van der Waals surface area contributed by atoms with E-state index in [9.17, 15) is 0 Å². The topological polar surface area (TPSA) is 23.5 Å². The van der Waals surface area contributed by atoms with Crippen LogP contribution in [-0.4, -0.2) is 35.2 Å². The lowest BCUT2D eigenvalue weighted by atomic mass is 10.2. The van der Waals surface area contributed by atoms with E-state index in [2.05, 4.69) is 18.7 Å². The van der Waals surface area contributed by atoms with Crippen molar-refractivity contribution in [2.24, 2.45) is 0 Å². The zero-order valence-corrected chi connectivity index (χ0v) is 6.17. The molecule has 1 aliphatic heterocycles. The van der Waals surface area contributed by atoms with Crippen LogP contribution < -0.4 is 0 Å². The largest absolute Gasteiger partial charge is 0.392 e. The van der Waals surface area contributed by atoms with Gasteiger partial charge in [0.1, 0.15) is 0 Å². The van der Waals surface area contributed by atoms with Crippen molar-refractivity contribution in [3.63, 3.8) is 0 Å². The molecular formula is C7H15NO. The molecule has 1 rings (SSSR count). The Morgan fingerprint density at radius 3 is 2.56 bits per heavy atom. The second kappa shape index (κ2) is 2.67. The van der Waals surface area contributed by atoms with Gasteiger partial charge in [-0.15, -0.1) is 0 Å². The average molecular weight is 129 g/mol. The second-order valence-corrected chi connectivity index (χ2v) is 2.83. The molecule has 2 heteroatoms. The maximum Gasteiger partial charge on any atom is 0.0682 e. The first-order chi connectivity index (χ1) is 4.24. The van der Waals surface area contributed by atoms with Crippen molar-refractivity contribution in [1.82, 2.24) is 4.90 Å². The van der Waals surface area contributed by atoms with Gasteiger partial charge in [-0.05, 0) is 19.9 Å². The van der Waals surface area contributed by atoms with Gasteiger partial charge in [-0.25, -0.2) is 0 Å². The highest BCUT2D eigenvalue weighted by atomic mass is 16.3. The van der Waals surface area contributed by atoms with Gasteiger partial charge in [0, 0.05) is 12.6 Å². The summed E-state index contributed by atoms with van der Waals surface area (Å²) in [4.78, 5) is 2.30. The molecule has 1 N–H and O–H groups in total. The molecule has 9 heavy (non-hydrogen) atoms. The van der Waals surface area contributed by atoms with Crippen molar-refractivity contribution < 1.29 is 5.11 Å². The van der Waals surface area contributed by atoms with Crippen LogP contribution in [0.3, 0.4) is 0 Å². The van der Waals surface area contributed by atoms with Crippen molar-refractivity contribution in [2.45, 2.75) is 32.4 Å². The van der Waals surface area contributed by atoms with Crippen molar-refractivity contribution in [1.29, 1.82) is 0 Å². The van der Waals surface area contributed by atoms with E-state index in [1.807, 2.05) is 0 Å². The predicted octanol–water partition coefficient (Wildman–Crippen LogP) is 0.461. The molecule has 0 saturated carbocycles. The Balaban J connectivity index is 2.38. The fourth-order valence-electron chi connectivity index (χ4n) is 1.51. The third-order valence-corrected chi connectivity index (χ3v) is 2.09. The number of hydrogen-bond donors (Lipinski definition) is 1. The fraction of sp³-hybridized carbons (Fsp3) is 1.00. The van der Waals surface area contributed by atoms with E-state index < -0.39 is 0 Å². The zero-order valence-electron chi connectivity index (χ0n) is 6.17. The summed E-state index contributed by atoms with van der Waals surface area (Å²) in [6, 6.07) is 0.588. The summed E-state index contributed by atoms with van der Waals surface area (Å²) in [5, 5.41) is 9.16. The van der Waals surface area contributed by atoms with Gasteiger partial charge in [0.2, 0.25) is 0 Å². The van der Waals surface area contributed by atoms with Crippen LogP contribution in [0.5, 0.6) is 0 Å². The number of likely N-dealkylation sites (N-methyl/N-ethyl adjacent to an activating group) is 1. The molecule has 0 aliphatic carbocycles. The van der Waals surface area contributed by atoms with Crippen LogP contribution in [0.15, 0.2) is 0 Å². The van der Waals surface area contributed by atoms with E-state index in [-0.39, 0.29) is 6.10 Å². The van der Waals surface area contributed by atoms with Crippen LogP contribution in [0.4, 0.5) is 0 Å². The second-order valence-electron chi connectivity index (χ2n) is 2.83. The molecule has 0 aromatic heterocycles. The Kier molecular flexibility index (Phi) is 2.09. The van der Waals surface area contributed by atoms with E-state index in [0.717, 1.165) is 19.5 Å². The van der Waals surface area contributed by atoms with Crippen molar-refractivity contribution in [3.05, 3.63) is 0 Å². The van der Waals surface area contributed by atoms with Crippen molar-refractivity contribution >= 4 is 0 Å². The molecule has 1 fully saturated rings. The lowest BCUT2D eigenvalue weighted by molar-refractivity contribution is 0.177. The van der Waals surface area contributed by atoms with Gasteiger partial charge in [0.15, 0.2) is 0 Å². The van der Waals surface area contributed by atoms with Crippen LogP contribution in [-0.2, 0) is 0 Å². The molecule has 0 spiro atoms. The predicted molar refractivity (Wildman–Crippen MR) is 37.3 cm³/mol. The number of rotatable bonds is 1. The van der Waals surface area contributed by atoms with Gasteiger partial charge in [0.25, 0.3) is 0 Å². The SMILES string of the molecule is CCN1C[C@H](O)C[C@H]1C. The highest BCUT2D eigenvalue weighted by Gasteiger charge is 2.25. The minimum Gasteiger partial charge on any atom is -0.392 e. The first-order valence-corrected chi connectivity index (χ1v) is 3.66. The Hall–Kier alpha value is -0.0800. The fourth-order valence-corrected chi connectivity index (χ4v) is 1.51. The van der Waals surface area contributed by atoms with Gasteiger partial charge in [-0.2, -0.15) is 0 Å². The Labute approximate surface area is 56.5 Å². The van der Waals surface area contributed by atoms with Crippen LogP contribution in [0.1, 0.15) is 20.3 Å². The minimum atomic E-state index is -0.0695. The Bertz CT molecular complexity index is 94.9. The van der Waals surface area contributed by atoms with Crippen molar-refractivity contribution in [2.75, 3.05) is 13.1 Å². The van der Waals surface area contributed by atoms with Crippen LogP contribution >= 0.6 is 0 Å². The normalized spacial score (nSPS) is 37.7. The number of aliphatic hydroxyl groups excluding tert-OH is 1. The molecule has 1 heterocycles. The molecule has 2 nitrogen and oxygen atoms in total. The lowest BCUT2D eigenvalue weighted by Gasteiger charge is -2.16. The van der Waals surface area contributed by atoms with E-state index in [0.29, 0.717) is 6.04 Å². The molecule has 2 atom stereocenters. The molecule has 0 amide bonds. The van der Waals surface area contributed by atoms with Gasteiger partial charge >= 0.3 is 0 Å². The maximum atomic E-state index is 9.16. The zero-order chi connectivity index (χ0) is 6.85. The summed E-state index contributed by atoms with van der Waals surface area (Å²) in [6.45, 7) is 6.24. The summed E-state index contributed by atoms with van der Waals surface area (Å²) in [6.07, 6.45) is 0.883. The quantitative estimate of drug-likeness (QED) is 0.556. The van der Waals surface area contributed by atoms with Gasteiger partial charge in [0.05, 0.1) is 6.10 Å². The molecule has 0 aromatic rings. The molecule has 0 aromatic carbocycles. The number of nitrogens with zero attached hydrogens (tertiary/aromatic N) is 1. The Morgan fingerprint density at radius 2 is 2.33 bits per heavy atom. The molecule has 54 valence electrons. The Morgan fingerprint density at radius 1 is 1.67 bits per heavy atom. The third-order valence-electron chi connectivity index (χ3n) is 2.09. The summed E-state index contributed by atoms with van der Waals surface area (Å²) in [5.41, 5.74) is 0. The van der Waals surface area contributed by atoms with Crippen LogP contribution in [0.2, 0.25) is 0 Å². The van der Waals surface area contributed by atoms with E-state index in [4.69, 9.17) is 5.11 Å². The standard InChI is InChI=1S/C7H15NO/c1-3-8-5-7(9)4-6(8)2/h6-7,9H,3-5H2,1-2H3/t6-,7-/m1/s1. The highest BCUT2D eigenvalue weighted by molar-refractivity contribution is 4.80. The smallest absolute Gasteiger partial charge is 0.0682 e. The first-order valence-electron chi connectivity index (χ1n) is 3.66. The van der Waals surface area contributed by atoms with Crippen molar-refractivity contribution in [3.8, 4) is 0 Å². The number of β-amino-alcohol motifs (C(OH)–C–C–N with tert-alkyl or cyclic N) is 1. The van der Waals surface area contributed by atoms with E-state index in [1.165, 1.54) is 0 Å². The van der Waals surface area contributed by atoms with Gasteiger partial charge in [-0.1, -0.05) is 6.92 Å². The summed E-state index contributed by atoms with van der Waals surface area (Å²) < 4.78 is 0. The average Bonchev–Trinajstić information content (AvgIpc) is 2.10. The van der Waals surface area contributed by atoms with Crippen LogP contribution in [0, 0.1) is 0 Å². The number of hydrogen-bond acceptors (Lipinski definition) is 2. The van der Waals surface area contributed by atoms with E-state index in [1.54, 1.807) is 0 Å². The molecule has 1 aliphatic rings. The number of likely N-dealkylation sites (tertiary alicyclic amines) is 1. The molecule has 0 bridgehead atoms. The summed E-state index contributed by atoms with van der Waals surface area (Å²) in [5.74, 6) is 0. The lowest BCUT2D eigenvalue weighted by Crippen LogP contribution is -2.26. The minimum absolute atomic E-state index is 0.0695. The van der Waals surface area contributed by atoms with Gasteiger partial charge < -0.3 is 5.11 Å². The van der Waals surface area contributed by atoms with Crippen LogP contribution in [0.25, 0.3) is 0 Å². The monoisotopic (exact) mass is 129 g/mol. The molecule has 1 saturated heterocycles.